The summed E-state index contributed by atoms with van der Waals surface area (Å²) in [5, 5.41) is 3.30. The molecule has 0 aliphatic rings. The van der Waals surface area contributed by atoms with Crippen LogP contribution in [-0.2, 0) is 0 Å². The van der Waals surface area contributed by atoms with Crippen LogP contribution in [0.1, 0.15) is 13.3 Å². The van der Waals surface area contributed by atoms with Gasteiger partial charge in [0.15, 0.2) is 5.11 Å². The molecule has 0 fully saturated rings. The lowest BCUT2D eigenvalue weighted by Gasteiger charge is -1.99. The van der Waals surface area contributed by atoms with E-state index in [0.717, 1.165) is 13.0 Å². The Bertz CT molecular complexity index is 138. The van der Waals surface area contributed by atoms with Crippen LogP contribution in [-0.4, -0.2) is 17.5 Å². The second kappa shape index (κ2) is 5.17. The number of nitrogens with one attached hydrogen (secondary N) is 1. The molecule has 0 aromatic rings. The molecule has 0 heterocycles. The third-order valence-electron chi connectivity index (χ3n) is 0.731. The number of hydrogen-bond acceptors (Lipinski definition) is 1. The highest BCUT2D eigenvalue weighted by molar-refractivity contribution is 7.80. The lowest BCUT2D eigenvalue weighted by Crippen LogP contribution is -2.22. The Balaban J connectivity index is 3.54. The van der Waals surface area contributed by atoms with Gasteiger partial charge in [0, 0.05) is 6.54 Å². The summed E-state index contributed by atoms with van der Waals surface area (Å²) in [6.07, 6.45) is 0.791. The van der Waals surface area contributed by atoms with Crippen molar-refractivity contribution >= 4 is 23.2 Å². The monoisotopic (exact) mass is 158 g/mol. The smallest absolute Gasteiger partial charge is 0.194 e. The topological polar surface area (TPSA) is 50.4 Å². The van der Waals surface area contributed by atoms with Gasteiger partial charge in [-0.1, -0.05) is 6.92 Å². The molecule has 3 nitrogen and oxygen atoms in total. The summed E-state index contributed by atoms with van der Waals surface area (Å²) < 4.78 is 0. The Morgan fingerprint density at radius 1 is 1.80 bits per heavy atom. The van der Waals surface area contributed by atoms with Gasteiger partial charge in [0.2, 0.25) is 0 Å². The maximum atomic E-state index is 5.27. The number of hydrogen-bond donors (Lipinski definition) is 2. The first-order valence-corrected chi connectivity index (χ1v) is 3.45. The summed E-state index contributed by atoms with van der Waals surface area (Å²) in [5.74, 6) is 0.474. The van der Waals surface area contributed by atoms with Crippen molar-refractivity contribution in [3.8, 4) is 0 Å². The quantitative estimate of drug-likeness (QED) is 0.349. The number of thiocarbonyl (C=S) groups is 1. The zero-order valence-corrected chi connectivity index (χ0v) is 6.87. The van der Waals surface area contributed by atoms with E-state index < -0.39 is 0 Å². The summed E-state index contributed by atoms with van der Waals surface area (Å²) >= 11 is 4.79. The van der Waals surface area contributed by atoms with Crippen molar-refractivity contribution in [3.63, 3.8) is 0 Å². The van der Waals surface area contributed by atoms with E-state index in [9.17, 15) is 0 Å². The maximum absolute atomic E-state index is 5.27. The van der Waals surface area contributed by atoms with Gasteiger partial charge in [0.25, 0.3) is 0 Å². The lowest BCUT2D eigenvalue weighted by atomic mass is 10.5. The van der Waals surface area contributed by atoms with Crippen molar-refractivity contribution in [1.82, 2.24) is 5.32 Å². The zero-order valence-electron chi connectivity index (χ0n) is 6.05. The van der Waals surface area contributed by atoms with E-state index in [1.54, 1.807) is 6.92 Å². The van der Waals surface area contributed by atoms with Crippen molar-refractivity contribution in [3.05, 3.63) is 6.92 Å². The first-order chi connectivity index (χ1) is 4.66. The highest BCUT2D eigenvalue weighted by Crippen LogP contribution is 1.77. The Morgan fingerprint density at radius 3 is 2.80 bits per heavy atom. The van der Waals surface area contributed by atoms with Gasteiger partial charge in [0.1, 0.15) is 0 Å². The molecule has 57 valence electrons. The SMILES string of the molecule is [CH2]CCNC(=S)N=C(C)N. The molecule has 0 aliphatic carbocycles. The minimum absolute atomic E-state index is 0.434. The van der Waals surface area contributed by atoms with Gasteiger partial charge in [0.05, 0.1) is 5.84 Å². The van der Waals surface area contributed by atoms with Gasteiger partial charge in [-0.05, 0) is 25.6 Å². The van der Waals surface area contributed by atoms with Crippen molar-refractivity contribution in [2.45, 2.75) is 13.3 Å². The largest absolute Gasteiger partial charge is 0.387 e. The fraction of sp³-hybridized carbons (Fsp3) is 0.500. The van der Waals surface area contributed by atoms with Gasteiger partial charge in [-0.3, -0.25) is 0 Å². The molecule has 0 saturated carbocycles. The molecule has 3 N–H and O–H groups in total. The standard InChI is InChI=1S/C6H12N3S/c1-3-4-8-6(10)9-5(2)7/h1,3-4H2,2H3,(H3,7,8,9,10). The molecule has 4 heteroatoms. The van der Waals surface area contributed by atoms with E-state index in [-0.39, 0.29) is 0 Å². The molecule has 0 rings (SSSR count). The Kier molecular flexibility index (Phi) is 4.84. The van der Waals surface area contributed by atoms with E-state index >= 15 is 0 Å². The van der Waals surface area contributed by atoms with Crippen molar-refractivity contribution in [2.24, 2.45) is 10.7 Å². The first kappa shape index (κ1) is 9.36. The second-order valence-electron chi connectivity index (χ2n) is 1.84. The molecule has 0 atom stereocenters. The van der Waals surface area contributed by atoms with Crippen LogP contribution in [0.4, 0.5) is 0 Å². The Morgan fingerprint density at radius 2 is 2.40 bits per heavy atom. The minimum Gasteiger partial charge on any atom is -0.387 e. The normalized spacial score (nSPS) is 11.2. The molecular weight excluding hydrogens is 146 g/mol. The predicted octanol–water partition coefficient (Wildman–Crippen LogP) is 0.462. The fourth-order valence-electron chi connectivity index (χ4n) is 0.395. The maximum Gasteiger partial charge on any atom is 0.194 e. The van der Waals surface area contributed by atoms with Crippen LogP contribution in [0, 0.1) is 6.92 Å². The van der Waals surface area contributed by atoms with E-state index in [1.807, 2.05) is 0 Å². The molecule has 0 amide bonds. The molecule has 10 heavy (non-hydrogen) atoms. The van der Waals surface area contributed by atoms with Crippen molar-refractivity contribution in [1.29, 1.82) is 0 Å². The third-order valence-corrected chi connectivity index (χ3v) is 0.967. The molecule has 0 aromatic carbocycles. The molecule has 0 spiro atoms. The average molecular weight is 158 g/mol. The van der Waals surface area contributed by atoms with Gasteiger partial charge >= 0.3 is 0 Å². The summed E-state index contributed by atoms with van der Waals surface area (Å²) in [5.41, 5.74) is 5.27. The van der Waals surface area contributed by atoms with Crippen LogP contribution in [0.3, 0.4) is 0 Å². The second-order valence-corrected chi connectivity index (χ2v) is 2.23. The number of nitrogens with zero attached hydrogens (tertiary/aromatic N) is 1. The third kappa shape index (κ3) is 5.50. The fourth-order valence-corrected chi connectivity index (χ4v) is 0.641. The molecule has 0 unspecified atom stereocenters. The van der Waals surface area contributed by atoms with E-state index in [1.165, 1.54) is 0 Å². The molecular formula is C6H12N3S. The van der Waals surface area contributed by atoms with Gasteiger partial charge < -0.3 is 11.1 Å². The van der Waals surface area contributed by atoms with Crippen LogP contribution < -0.4 is 11.1 Å². The highest BCUT2D eigenvalue weighted by atomic mass is 32.1. The Labute approximate surface area is 66.7 Å². The number of amidine groups is 1. The van der Waals surface area contributed by atoms with Crippen LogP contribution in [0.5, 0.6) is 0 Å². The molecule has 0 aromatic heterocycles. The van der Waals surface area contributed by atoms with Gasteiger partial charge in [-0.15, -0.1) is 0 Å². The molecule has 0 saturated heterocycles. The Hall–Kier alpha value is -0.640. The summed E-state index contributed by atoms with van der Waals surface area (Å²) in [6.45, 7) is 6.07. The van der Waals surface area contributed by atoms with E-state index in [0.29, 0.717) is 10.9 Å². The van der Waals surface area contributed by atoms with Crippen molar-refractivity contribution < 1.29 is 0 Å². The van der Waals surface area contributed by atoms with Crippen LogP contribution in [0.15, 0.2) is 4.99 Å². The van der Waals surface area contributed by atoms with Crippen LogP contribution in [0.25, 0.3) is 0 Å². The van der Waals surface area contributed by atoms with E-state index in [2.05, 4.69) is 17.2 Å². The summed E-state index contributed by atoms with van der Waals surface area (Å²) in [4.78, 5) is 3.80. The number of nitrogens with two attached hydrogens (primary N) is 1. The highest BCUT2D eigenvalue weighted by Gasteiger charge is 1.88. The molecule has 0 aliphatic heterocycles. The lowest BCUT2D eigenvalue weighted by molar-refractivity contribution is 0.891. The van der Waals surface area contributed by atoms with E-state index in [4.69, 9.17) is 18.0 Å². The predicted molar refractivity (Wildman–Crippen MR) is 47.9 cm³/mol. The minimum atomic E-state index is 0.434. The molecule has 0 bridgehead atoms. The summed E-state index contributed by atoms with van der Waals surface area (Å²) in [6, 6.07) is 0. The van der Waals surface area contributed by atoms with Gasteiger partial charge in [-0.2, -0.15) is 0 Å². The number of rotatable bonds is 2. The van der Waals surface area contributed by atoms with Crippen LogP contribution >= 0.6 is 12.2 Å². The van der Waals surface area contributed by atoms with Crippen LogP contribution in [0.2, 0.25) is 0 Å². The first-order valence-electron chi connectivity index (χ1n) is 3.04. The average Bonchev–Trinajstić information content (AvgIpc) is 1.82. The van der Waals surface area contributed by atoms with Crippen molar-refractivity contribution in [2.75, 3.05) is 6.54 Å². The van der Waals surface area contributed by atoms with Gasteiger partial charge in [-0.25, -0.2) is 4.99 Å². The number of aliphatic imine (C=N–C) groups is 1. The summed E-state index contributed by atoms with van der Waals surface area (Å²) in [7, 11) is 0. The zero-order chi connectivity index (χ0) is 7.98. The molecule has 1 radical (unpaired) electrons.